The van der Waals surface area contributed by atoms with E-state index in [0.29, 0.717) is 34.4 Å². The lowest BCUT2D eigenvalue weighted by Crippen LogP contribution is -2.38. The number of esters is 1. The predicted octanol–water partition coefficient (Wildman–Crippen LogP) is 17.6. The molecule has 2 nitrogen and oxygen atoms in total. The lowest BCUT2D eigenvalue weighted by Gasteiger charge is -2.29. The molecule has 0 saturated carbocycles. The second-order valence-electron chi connectivity index (χ2n) is 19.1. The van der Waals surface area contributed by atoms with Gasteiger partial charge in [-0.25, -0.2) is 4.79 Å². The molecule has 10 aromatic rings. The lowest BCUT2D eigenvalue weighted by molar-refractivity contribution is -0.281. The van der Waals surface area contributed by atoms with Crippen LogP contribution in [-0.4, -0.2) is 36.8 Å². The second kappa shape index (κ2) is 16.3. The van der Waals surface area contributed by atoms with Gasteiger partial charge in [-0.05, 0) is 152 Å². The van der Waals surface area contributed by atoms with Gasteiger partial charge in [-0.3, -0.25) is 0 Å². The summed E-state index contributed by atoms with van der Waals surface area (Å²) in [5, 5.41) is 8.81. The number of rotatable bonds is 12. The maximum absolute atomic E-state index is 14.3. The standard InChI is InChI=1S/C60H40F10O2/c1-4-56(22-5-23-72-55(71)32(2)3)49-28-37(43-16-10-35-6-8-39-24-33(30-57(61,62)59(65,66)67)26-41-14-20-47(43)53(35)51(39)41)12-18-45(49)46-19-13-38(29-50(46)56)44-17-11-36-7-9-40-25-34(31-58(63,64)60(68,69)70)27-42-15-21-48(44)54(36)52(40)42/h4,6-21,24-29H,1-2,5,22-23,30-31H2,3H3. The largest absolute Gasteiger partial charge is 0.462 e. The molecule has 0 spiro atoms. The molecular weight excluding hydrogens is 943 g/mol. The average molecular weight is 983 g/mol. The zero-order chi connectivity index (χ0) is 50.9. The van der Waals surface area contributed by atoms with Crippen LogP contribution in [0.5, 0.6) is 0 Å². The van der Waals surface area contributed by atoms with E-state index in [1.54, 1.807) is 31.2 Å². The summed E-state index contributed by atoms with van der Waals surface area (Å²) < 4.78 is 142. The third kappa shape index (κ3) is 7.34. The Morgan fingerprint density at radius 1 is 0.514 bits per heavy atom. The number of ether oxygens (including phenoxy) is 1. The van der Waals surface area contributed by atoms with Crippen LogP contribution in [0.25, 0.3) is 98.0 Å². The molecule has 11 rings (SSSR count). The van der Waals surface area contributed by atoms with E-state index in [1.807, 2.05) is 66.7 Å². The van der Waals surface area contributed by atoms with E-state index in [9.17, 15) is 48.7 Å². The third-order valence-electron chi connectivity index (χ3n) is 14.6. The minimum absolute atomic E-state index is 0.112. The van der Waals surface area contributed by atoms with Gasteiger partial charge in [-0.15, -0.1) is 6.58 Å². The predicted molar refractivity (Wildman–Crippen MR) is 266 cm³/mol. The summed E-state index contributed by atoms with van der Waals surface area (Å²) in [6.07, 6.45) is -11.5. The summed E-state index contributed by atoms with van der Waals surface area (Å²) in [5.74, 6) is -10.3. The zero-order valence-corrected chi connectivity index (χ0v) is 38.3. The highest BCUT2D eigenvalue weighted by Crippen LogP contribution is 2.55. The Hall–Kier alpha value is -7.47. The summed E-state index contributed by atoms with van der Waals surface area (Å²) >= 11 is 0. The normalized spacial score (nSPS) is 14.0. The first kappa shape index (κ1) is 46.9. The number of alkyl halides is 10. The summed E-state index contributed by atoms with van der Waals surface area (Å²) in [7, 11) is 0. The number of allylic oxidation sites excluding steroid dienone is 1. The number of hydrogen-bond acceptors (Lipinski definition) is 2. The molecule has 0 saturated heterocycles. The number of fused-ring (bicyclic) bond motifs is 3. The number of carbonyl (C=O) groups excluding carboxylic acids is 1. The topological polar surface area (TPSA) is 26.3 Å². The molecule has 0 fully saturated rings. The van der Waals surface area contributed by atoms with E-state index >= 15 is 0 Å². The van der Waals surface area contributed by atoms with Crippen molar-refractivity contribution in [2.75, 3.05) is 6.61 Å². The van der Waals surface area contributed by atoms with Gasteiger partial charge in [0.25, 0.3) is 0 Å². The minimum atomic E-state index is -5.69. The quantitative estimate of drug-likeness (QED) is 0.0304. The van der Waals surface area contributed by atoms with Gasteiger partial charge in [0.1, 0.15) is 0 Å². The summed E-state index contributed by atoms with van der Waals surface area (Å²) in [6.45, 7) is 9.81. The van der Waals surface area contributed by atoms with Crippen molar-refractivity contribution < 1.29 is 53.4 Å². The molecule has 0 heterocycles. The Balaban J connectivity index is 1.02. The van der Waals surface area contributed by atoms with Gasteiger partial charge >= 0.3 is 30.2 Å². The van der Waals surface area contributed by atoms with Crippen LogP contribution in [-0.2, 0) is 27.8 Å². The van der Waals surface area contributed by atoms with Gasteiger partial charge in [0, 0.05) is 23.8 Å². The number of hydrogen-bond donors (Lipinski definition) is 0. The third-order valence-corrected chi connectivity index (χ3v) is 14.6. The van der Waals surface area contributed by atoms with Crippen molar-refractivity contribution in [3.05, 3.63) is 181 Å². The Morgan fingerprint density at radius 2 is 0.889 bits per heavy atom. The molecular formula is C60H40F10O2. The van der Waals surface area contributed by atoms with Crippen LogP contribution in [0.15, 0.2) is 158 Å². The highest BCUT2D eigenvalue weighted by atomic mass is 19.4. The maximum atomic E-state index is 14.3. The monoisotopic (exact) mass is 982 g/mol. The van der Waals surface area contributed by atoms with Gasteiger partial charge in [0.05, 0.1) is 6.61 Å². The highest BCUT2D eigenvalue weighted by molar-refractivity contribution is 6.27. The van der Waals surface area contributed by atoms with Crippen LogP contribution in [0.3, 0.4) is 0 Å². The molecule has 0 radical (unpaired) electrons. The van der Waals surface area contributed by atoms with E-state index in [4.69, 9.17) is 4.74 Å². The van der Waals surface area contributed by atoms with E-state index in [1.165, 1.54) is 24.3 Å². The molecule has 0 aromatic heterocycles. The highest BCUT2D eigenvalue weighted by Gasteiger charge is 2.58. The molecule has 0 bridgehead atoms. The van der Waals surface area contributed by atoms with Crippen molar-refractivity contribution in [2.45, 2.75) is 62.2 Å². The maximum Gasteiger partial charge on any atom is 0.453 e. The van der Waals surface area contributed by atoms with Gasteiger partial charge in [0.15, 0.2) is 0 Å². The van der Waals surface area contributed by atoms with E-state index in [-0.39, 0.29) is 23.3 Å². The van der Waals surface area contributed by atoms with Crippen molar-refractivity contribution in [1.82, 2.24) is 0 Å². The SMILES string of the molecule is C=CC1(CCCOC(=O)C(=C)C)c2cc(-c3ccc4ccc5cc(CC(F)(F)C(F)(F)F)cc6ccc3c4c56)ccc2-c2ccc(-c3ccc4ccc5cc(CC(F)(F)C(F)(F)F)cc6ccc3c4c56)cc21. The summed E-state index contributed by atoms with van der Waals surface area (Å²) in [5.41, 5.74) is 6.49. The van der Waals surface area contributed by atoms with Crippen LogP contribution in [0.2, 0.25) is 0 Å². The van der Waals surface area contributed by atoms with Crippen LogP contribution < -0.4 is 0 Å². The van der Waals surface area contributed by atoms with Gasteiger partial charge in [-0.1, -0.05) is 134 Å². The van der Waals surface area contributed by atoms with E-state index in [0.717, 1.165) is 87.6 Å². The Labute approximate surface area is 405 Å². The van der Waals surface area contributed by atoms with Gasteiger partial charge < -0.3 is 4.74 Å². The first-order valence-corrected chi connectivity index (χ1v) is 23.2. The molecule has 0 atom stereocenters. The molecule has 1 aliphatic rings. The molecule has 0 aliphatic heterocycles. The minimum Gasteiger partial charge on any atom is -0.462 e. The molecule has 1 aliphatic carbocycles. The van der Waals surface area contributed by atoms with Gasteiger partial charge in [-0.2, -0.15) is 43.9 Å². The summed E-state index contributed by atoms with van der Waals surface area (Å²) in [6, 6.07) is 40.4. The lowest BCUT2D eigenvalue weighted by atomic mass is 9.73. The van der Waals surface area contributed by atoms with Crippen LogP contribution in [0.1, 0.15) is 42.0 Å². The van der Waals surface area contributed by atoms with Crippen molar-refractivity contribution in [2.24, 2.45) is 0 Å². The molecule has 0 unspecified atom stereocenters. The Kier molecular flexibility index (Phi) is 10.6. The second-order valence-corrected chi connectivity index (χ2v) is 19.1. The van der Waals surface area contributed by atoms with Crippen LogP contribution >= 0.6 is 0 Å². The molecule has 12 heteroatoms. The zero-order valence-electron chi connectivity index (χ0n) is 38.3. The van der Waals surface area contributed by atoms with E-state index < -0.39 is 48.4 Å². The molecule has 0 N–H and O–H groups in total. The fourth-order valence-electron chi connectivity index (χ4n) is 11.2. The number of halogens is 10. The van der Waals surface area contributed by atoms with Crippen LogP contribution in [0, 0.1) is 0 Å². The summed E-state index contributed by atoms with van der Waals surface area (Å²) in [4.78, 5) is 12.5. The number of benzene rings is 10. The van der Waals surface area contributed by atoms with Crippen molar-refractivity contribution in [1.29, 1.82) is 0 Å². The molecule has 362 valence electrons. The fraction of sp³-hybridized carbons (Fsp3) is 0.183. The van der Waals surface area contributed by atoms with Crippen molar-refractivity contribution in [3.63, 3.8) is 0 Å². The Bertz CT molecular complexity index is 3610. The van der Waals surface area contributed by atoms with Crippen molar-refractivity contribution >= 4 is 70.6 Å². The fourth-order valence-corrected chi connectivity index (χ4v) is 11.2. The van der Waals surface area contributed by atoms with Crippen molar-refractivity contribution in [3.8, 4) is 33.4 Å². The number of carbonyl (C=O) groups is 1. The first-order chi connectivity index (χ1) is 34.1. The smallest absolute Gasteiger partial charge is 0.453 e. The average Bonchev–Trinajstić information content (AvgIpc) is 3.60. The first-order valence-electron chi connectivity index (χ1n) is 23.2. The molecule has 0 amide bonds. The van der Waals surface area contributed by atoms with E-state index in [2.05, 4.69) is 37.4 Å². The van der Waals surface area contributed by atoms with Gasteiger partial charge in [0.2, 0.25) is 0 Å². The molecule has 72 heavy (non-hydrogen) atoms. The molecule has 10 aromatic carbocycles. The Morgan fingerprint density at radius 3 is 1.28 bits per heavy atom. The van der Waals surface area contributed by atoms with Crippen LogP contribution in [0.4, 0.5) is 43.9 Å².